The molecule has 3 N–H and O–H groups in total. The smallest absolute Gasteiger partial charge is 0.325 e. The first-order valence-electron chi connectivity index (χ1n) is 10.7. The van der Waals surface area contributed by atoms with E-state index in [1.165, 1.54) is 0 Å². The third kappa shape index (κ3) is 3.84. The van der Waals surface area contributed by atoms with Crippen LogP contribution in [0.1, 0.15) is 35.1 Å². The van der Waals surface area contributed by atoms with Crippen LogP contribution in [0.3, 0.4) is 0 Å². The van der Waals surface area contributed by atoms with E-state index in [-0.39, 0.29) is 12.5 Å². The molecule has 0 unspecified atom stereocenters. The number of carbonyl (C=O) groups is 4. The van der Waals surface area contributed by atoms with E-state index in [2.05, 4.69) is 16.0 Å². The highest BCUT2D eigenvalue weighted by atomic mass is 16.2. The molecule has 1 fully saturated rings. The normalized spacial score (nSPS) is 19.5. The number of carbonyl (C=O) groups excluding carboxylic acids is 4. The van der Waals surface area contributed by atoms with Crippen LogP contribution in [0.5, 0.6) is 0 Å². The number of imide groups is 1. The van der Waals surface area contributed by atoms with Gasteiger partial charge in [0.25, 0.3) is 5.91 Å². The maximum atomic E-state index is 13.2. The van der Waals surface area contributed by atoms with Crippen LogP contribution in [0, 0.1) is 13.8 Å². The SMILES string of the molecule is Cc1cccc(NC(=O)CNC(=O)CN2C(=O)N[C@@]3(CCCc4ccccc43)C2=O)c1C. The summed E-state index contributed by atoms with van der Waals surface area (Å²) in [6.45, 7) is 3.15. The lowest BCUT2D eigenvalue weighted by atomic mass is 9.76. The maximum absolute atomic E-state index is 13.2. The van der Waals surface area contributed by atoms with Crippen molar-refractivity contribution in [1.29, 1.82) is 0 Å². The number of benzene rings is 2. The van der Waals surface area contributed by atoms with E-state index in [1.807, 2.05) is 50.2 Å². The molecule has 2 aliphatic rings. The summed E-state index contributed by atoms with van der Waals surface area (Å²) in [6.07, 6.45) is 2.10. The van der Waals surface area contributed by atoms with Gasteiger partial charge in [0.2, 0.25) is 11.8 Å². The number of amides is 5. The average molecular weight is 434 g/mol. The Hall–Kier alpha value is -3.68. The Morgan fingerprint density at radius 3 is 2.66 bits per heavy atom. The van der Waals surface area contributed by atoms with Gasteiger partial charge in [-0.1, -0.05) is 36.4 Å². The van der Waals surface area contributed by atoms with E-state index in [0.29, 0.717) is 12.1 Å². The van der Waals surface area contributed by atoms with Crippen molar-refractivity contribution in [3.05, 3.63) is 64.7 Å². The molecule has 1 atom stereocenters. The van der Waals surface area contributed by atoms with E-state index in [4.69, 9.17) is 0 Å². The van der Waals surface area contributed by atoms with Crippen LogP contribution in [-0.4, -0.2) is 41.7 Å². The zero-order valence-electron chi connectivity index (χ0n) is 18.2. The van der Waals surface area contributed by atoms with Crippen molar-refractivity contribution < 1.29 is 19.2 Å². The van der Waals surface area contributed by atoms with Crippen LogP contribution in [0.4, 0.5) is 10.5 Å². The average Bonchev–Trinajstić information content (AvgIpc) is 3.00. The second-order valence-corrected chi connectivity index (χ2v) is 8.31. The van der Waals surface area contributed by atoms with Crippen molar-refractivity contribution in [1.82, 2.24) is 15.5 Å². The number of rotatable bonds is 5. The molecule has 1 aliphatic heterocycles. The highest BCUT2D eigenvalue weighted by molar-refractivity contribution is 6.09. The highest BCUT2D eigenvalue weighted by Gasteiger charge is 2.54. The van der Waals surface area contributed by atoms with E-state index >= 15 is 0 Å². The molecule has 0 radical (unpaired) electrons. The molecular formula is C24H26N4O4. The van der Waals surface area contributed by atoms with Gasteiger partial charge >= 0.3 is 6.03 Å². The largest absolute Gasteiger partial charge is 0.345 e. The molecule has 1 aliphatic carbocycles. The number of hydrogen-bond donors (Lipinski definition) is 3. The second kappa shape index (κ2) is 8.45. The third-order valence-electron chi connectivity index (χ3n) is 6.28. The second-order valence-electron chi connectivity index (χ2n) is 8.31. The summed E-state index contributed by atoms with van der Waals surface area (Å²) in [7, 11) is 0. The Labute approximate surface area is 186 Å². The molecule has 0 bridgehead atoms. The molecule has 32 heavy (non-hydrogen) atoms. The van der Waals surface area contributed by atoms with Crippen LogP contribution < -0.4 is 16.0 Å². The minimum Gasteiger partial charge on any atom is -0.345 e. The van der Waals surface area contributed by atoms with Gasteiger partial charge in [-0.15, -0.1) is 0 Å². The Morgan fingerprint density at radius 2 is 1.84 bits per heavy atom. The zero-order valence-corrected chi connectivity index (χ0v) is 18.2. The van der Waals surface area contributed by atoms with Crippen molar-refractivity contribution in [3.63, 3.8) is 0 Å². The van der Waals surface area contributed by atoms with Gasteiger partial charge in [-0.05, 0) is 61.4 Å². The van der Waals surface area contributed by atoms with E-state index in [0.717, 1.165) is 40.0 Å². The molecule has 166 valence electrons. The predicted octanol–water partition coefficient (Wildman–Crippen LogP) is 2.14. The molecule has 4 rings (SSSR count). The van der Waals surface area contributed by atoms with E-state index in [1.54, 1.807) is 6.07 Å². The summed E-state index contributed by atoms with van der Waals surface area (Å²) in [4.78, 5) is 51.4. The highest BCUT2D eigenvalue weighted by Crippen LogP contribution is 2.39. The molecule has 0 saturated carbocycles. The predicted molar refractivity (Wildman–Crippen MR) is 119 cm³/mol. The van der Waals surface area contributed by atoms with Gasteiger partial charge in [-0.2, -0.15) is 0 Å². The minimum absolute atomic E-state index is 0.260. The standard InChI is InChI=1S/C24H26N4O4/c1-15-7-5-11-19(16(15)2)26-20(29)13-25-21(30)14-28-22(31)24(27-23(28)32)12-6-9-17-8-3-4-10-18(17)24/h3-5,7-8,10-11H,6,9,12-14H2,1-2H3,(H,25,30)(H,26,29)(H,27,32)/t24-/m1/s1. The molecule has 2 aromatic rings. The summed E-state index contributed by atoms with van der Waals surface area (Å²) >= 11 is 0. The van der Waals surface area contributed by atoms with Crippen molar-refractivity contribution in [2.24, 2.45) is 0 Å². The van der Waals surface area contributed by atoms with Gasteiger partial charge in [0.1, 0.15) is 12.1 Å². The van der Waals surface area contributed by atoms with Crippen LogP contribution in [0.15, 0.2) is 42.5 Å². The fourth-order valence-electron chi connectivity index (χ4n) is 4.41. The number of anilines is 1. The molecule has 1 spiro atoms. The summed E-state index contributed by atoms with van der Waals surface area (Å²) in [5.74, 6) is -1.39. The van der Waals surface area contributed by atoms with Crippen LogP contribution in [-0.2, 0) is 26.3 Å². The van der Waals surface area contributed by atoms with Crippen molar-refractivity contribution in [2.45, 2.75) is 38.6 Å². The van der Waals surface area contributed by atoms with Crippen LogP contribution in [0.25, 0.3) is 0 Å². The van der Waals surface area contributed by atoms with Crippen LogP contribution in [0.2, 0.25) is 0 Å². The Balaban J connectivity index is 1.38. The summed E-state index contributed by atoms with van der Waals surface area (Å²) in [6, 6.07) is 12.5. The summed E-state index contributed by atoms with van der Waals surface area (Å²) < 4.78 is 0. The molecule has 1 heterocycles. The molecule has 0 aromatic heterocycles. The lowest BCUT2D eigenvalue weighted by Crippen LogP contribution is -2.47. The van der Waals surface area contributed by atoms with Crippen molar-refractivity contribution in [2.75, 3.05) is 18.4 Å². The number of urea groups is 1. The third-order valence-corrected chi connectivity index (χ3v) is 6.28. The van der Waals surface area contributed by atoms with Gasteiger partial charge in [0, 0.05) is 5.69 Å². The first-order chi connectivity index (χ1) is 15.3. The molecular weight excluding hydrogens is 408 g/mol. The number of hydrogen-bond acceptors (Lipinski definition) is 4. The van der Waals surface area contributed by atoms with Gasteiger partial charge in [-0.3, -0.25) is 19.3 Å². The zero-order chi connectivity index (χ0) is 22.9. The number of nitrogens with one attached hydrogen (secondary N) is 3. The number of aryl methyl sites for hydroxylation is 2. The van der Waals surface area contributed by atoms with Gasteiger partial charge in [0.05, 0.1) is 6.54 Å². The van der Waals surface area contributed by atoms with Gasteiger partial charge < -0.3 is 16.0 Å². The fraction of sp³-hybridized carbons (Fsp3) is 0.333. The summed E-state index contributed by atoms with van der Waals surface area (Å²) in [5.41, 5.74) is 3.37. The van der Waals surface area contributed by atoms with E-state index < -0.39 is 29.9 Å². The molecule has 8 nitrogen and oxygen atoms in total. The van der Waals surface area contributed by atoms with Crippen molar-refractivity contribution >= 4 is 29.4 Å². The first kappa shape index (κ1) is 21.5. The molecule has 5 amide bonds. The minimum atomic E-state index is -1.12. The molecule has 1 saturated heterocycles. The maximum Gasteiger partial charge on any atom is 0.325 e. The lowest BCUT2D eigenvalue weighted by Gasteiger charge is -2.33. The Kier molecular flexibility index (Phi) is 5.69. The Morgan fingerprint density at radius 1 is 1.06 bits per heavy atom. The molecule has 8 heteroatoms. The lowest BCUT2D eigenvalue weighted by molar-refractivity contribution is -0.135. The van der Waals surface area contributed by atoms with Crippen molar-refractivity contribution in [3.8, 4) is 0 Å². The monoisotopic (exact) mass is 434 g/mol. The van der Waals surface area contributed by atoms with Gasteiger partial charge in [-0.25, -0.2) is 4.79 Å². The first-order valence-corrected chi connectivity index (χ1v) is 10.7. The molecule has 2 aromatic carbocycles. The summed E-state index contributed by atoms with van der Waals surface area (Å²) in [5, 5.41) is 8.07. The quantitative estimate of drug-likeness (QED) is 0.627. The van der Waals surface area contributed by atoms with Gasteiger partial charge in [0.15, 0.2) is 0 Å². The van der Waals surface area contributed by atoms with E-state index in [9.17, 15) is 19.2 Å². The fourth-order valence-corrected chi connectivity index (χ4v) is 4.41. The number of fused-ring (bicyclic) bond motifs is 2. The number of nitrogens with zero attached hydrogens (tertiary/aromatic N) is 1. The topological polar surface area (TPSA) is 108 Å². The van der Waals surface area contributed by atoms with Crippen LogP contribution >= 0.6 is 0 Å². The Bertz CT molecular complexity index is 1110.